The molecule has 8 nitrogen and oxygen atoms in total. The Labute approximate surface area is 196 Å². The number of esters is 1. The highest BCUT2D eigenvalue weighted by Crippen LogP contribution is 2.18. The summed E-state index contributed by atoms with van der Waals surface area (Å²) >= 11 is 0. The Kier molecular flexibility index (Phi) is 9.32. The van der Waals surface area contributed by atoms with Gasteiger partial charge in [0.1, 0.15) is 11.2 Å². The molecule has 2 N–H and O–H groups in total. The molecule has 2 rings (SSSR count). The van der Waals surface area contributed by atoms with Crippen LogP contribution in [0, 0.1) is 0 Å². The van der Waals surface area contributed by atoms with Crippen LogP contribution < -0.4 is 10.6 Å². The Morgan fingerprint density at radius 3 is 1.91 bits per heavy atom. The molecule has 0 saturated heterocycles. The zero-order chi connectivity index (χ0) is 24.5. The third-order valence-corrected chi connectivity index (χ3v) is 4.80. The van der Waals surface area contributed by atoms with Crippen molar-refractivity contribution in [3.05, 3.63) is 36.7 Å². The minimum atomic E-state index is -0.948. The van der Waals surface area contributed by atoms with Gasteiger partial charge >= 0.3 is 18.1 Å². The highest BCUT2D eigenvalue weighted by molar-refractivity contribution is 5.88. The van der Waals surface area contributed by atoms with E-state index in [2.05, 4.69) is 10.6 Å². The monoisotopic (exact) mass is 459 g/mol. The predicted molar refractivity (Wildman–Crippen MR) is 128 cm³/mol. The summed E-state index contributed by atoms with van der Waals surface area (Å²) in [7, 11) is 0. The first kappa shape index (κ1) is 26.2. The van der Waals surface area contributed by atoms with Crippen LogP contribution in [0.15, 0.2) is 36.7 Å². The molecule has 0 spiro atoms. The first-order valence-corrected chi connectivity index (χ1v) is 11.5. The molecule has 1 heterocycles. The van der Waals surface area contributed by atoms with E-state index >= 15 is 0 Å². The summed E-state index contributed by atoms with van der Waals surface area (Å²) in [6.45, 7) is 9.84. The molecule has 0 unspecified atom stereocenters. The van der Waals surface area contributed by atoms with Crippen molar-refractivity contribution in [2.24, 2.45) is 0 Å². The van der Waals surface area contributed by atoms with Crippen LogP contribution in [-0.4, -0.2) is 47.0 Å². The number of carbonyl (C=O) groups is 3. The maximum atomic E-state index is 12.2. The number of aromatic nitrogens is 1. The number of carbonyl (C=O) groups excluding carboxylic acids is 3. The molecular formula is C25H37N3O5. The first-order chi connectivity index (χ1) is 15.5. The number of amides is 2. The number of hydrogen-bond acceptors (Lipinski definition) is 5. The maximum Gasteiger partial charge on any atom is 0.407 e. The van der Waals surface area contributed by atoms with Crippen molar-refractivity contribution < 1.29 is 23.9 Å². The molecule has 1 aromatic carbocycles. The van der Waals surface area contributed by atoms with Crippen molar-refractivity contribution in [1.29, 1.82) is 0 Å². The maximum absolute atomic E-state index is 12.2. The fourth-order valence-electron chi connectivity index (χ4n) is 3.33. The zero-order valence-electron chi connectivity index (χ0n) is 20.4. The predicted octanol–water partition coefficient (Wildman–Crippen LogP) is 5.00. The van der Waals surface area contributed by atoms with Crippen molar-refractivity contribution in [2.75, 3.05) is 13.1 Å². The van der Waals surface area contributed by atoms with Crippen LogP contribution in [0.4, 0.5) is 9.59 Å². The smallest absolute Gasteiger partial charge is 0.407 e. The van der Waals surface area contributed by atoms with Crippen LogP contribution in [0.3, 0.4) is 0 Å². The molecule has 1 aromatic heterocycles. The molecular weight excluding hydrogens is 422 g/mol. The molecule has 2 aromatic rings. The number of nitrogens with one attached hydrogen (secondary N) is 2. The fraction of sp³-hybridized carbons (Fsp3) is 0.560. The number of ether oxygens (including phenoxy) is 2. The summed E-state index contributed by atoms with van der Waals surface area (Å²) in [5, 5.41) is 7.71. The summed E-state index contributed by atoms with van der Waals surface area (Å²) in [6.07, 6.45) is 6.62. The van der Waals surface area contributed by atoms with Gasteiger partial charge in [0.2, 0.25) is 0 Å². The van der Waals surface area contributed by atoms with Gasteiger partial charge in [0.25, 0.3) is 0 Å². The topological polar surface area (TPSA) is 98.7 Å². The number of unbranched alkanes of at least 4 members (excludes halogenated alkanes) is 3. The van der Waals surface area contributed by atoms with Gasteiger partial charge in [-0.2, -0.15) is 0 Å². The highest BCUT2D eigenvalue weighted by atomic mass is 16.6. The molecule has 0 radical (unpaired) electrons. The van der Waals surface area contributed by atoms with Gasteiger partial charge in [-0.05, 0) is 58.2 Å². The molecule has 0 saturated carbocycles. The molecule has 0 aliphatic rings. The third-order valence-electron chi connectivity index (χ3n) is 4.80. The fourth-order valence-corrected chi connectivity index (χ4v) is 3.33. The van der Waals surface area contributed by atoms with Crippen molar-refractivity contribution in [2.45, 2.75) is 77.9 Å². The minimum absolute atomic E-state index is 0.0115. The van der Waals surface area contributed by atoms with E-state index in [4.69, 9.17) is 9.47 Å². The van der Waals surface area contributed by atoms with E-state index in [1.165, 1.54) is 0 Å². The molecule has 182 valence electrons. The molecule has 8 heteroatoms. The van der Waals surface area contributed by atoms with Crippen LogP contribution >= 0.6 is 0 Å². The average molecular weight is 460 g/mol. The lowest BCUT2D eigenvalue weighted by Crippen LogP contribution is -2.38. The Hall–Kier alpha value is -3.03. The van der Waals surface area contributed by atoms with Crippen molar-refractivity contribution in [3.63, 3.8) is 0 Å². The number of rotatable bonds is 10. The Morgan fingerprint density at radius 2 is 1.36 bits per heavy atom. The Balaban J connectivity index is 1.54. The quantitative estimate of drug-likeness (QED) is 0.385. The lowest BCUT2D eigenvalue weighted by molar-refractivity contribution is -0.159. The Morgan fingerprint density at radius 1 is 0.818 bits per heavy atom. The minimum Gasteiger partial charge on any atom is -0.460 e. The molecule has 33 heavy (non-hydrogen) atoms. The van der Waals surface area contributed by atoms with E-state index in [9.17, 15) is 14.4 Å². The largest absolute Gasteiger partial charge is 0.460 e. The van der Waals surface area contributed by atoms with Gasteiger partial charge in [0.05, 0.1) is 6.42 Å². The number of fused-ring (bicyclic) bond motifs is 1. The summed E-state index contributed by atoms with van der Waals surface area (Å²) in [5.74, 6) is -0.405. The normalized spacial score (nSPS) is 11.8. The number of alkyl carbamates (subject to hydrolysis) is 1. The van der Waals surface area contributed by atoms with Crippen molar-refractivity contribution in [3.8, 4) is 0 Å². The summed E-state index contributed by atoms with van der Waals surface area (Å²) < 4.78 is 12.2. The second kappa shape index (κ2) is 11.7. The van der Waals surface area contributed by atoms with Crippen LogP contribution in [0.1, 0.15) is 66.7 Å². The van der Waals surface area contributed by atoms with Gasteiger partial charge < -0.3 is 20.1 Å². The SMILES string of the molecule is CC(C)(C)OC(=O)CC(C)(C)OC(=O)NCCCCCCNC(=O)n1cc2ccccc2c1. The average Bonchev–Trinajstić information content (AvgIpc) is 3.11. The van der Waals surface area contributed by atoms with Gasteiger partial charge in [-0.25, -0.2) is 9.59 Å². The molecule has 0 atom stereocenters. The van der Waals surface area contributed by atoms with E-state index in [-0.39, 0.29) is 12.5 Å². The van der Waals surface area contributed by atoms with E-state index in [1.54, 1.807) is 39.2 Å². The van der Waals surface area contributed by atoms with Crippen LogP contribution in [0.5, 0.6) is 0 Å². The highest BCUT2D eigenvalue weighted by Gasteiger charge is 2.29. The second-order valence-corrected chi connectivity index (χ2v) is 9.78. The van der Waals surface area contributed by atoms with E-state index in [1.807, 2.05) is 36.7 Å². The van der Waals surface area contributed by atoms with E-state index < -0.39 is 23.3 Å². The van der Waals surface area contributed by atoms with Gasteiger partial charge in [0, 0.05) is 25.5 Å². The third kappa shape index (κ3) is 9.97. The van der Waals surface area contributed by atoms with Gasteiger partial charge in [-0.3, -0.25) is 9.36 Å². The summed E-state index contributed by atoms with van der Waals surface area (Å²) in [5.41, 5.74) is -1.52. The summed E-state index contributed by atoms with van der Waals surface area (Å²) in [4.78, 5) is 36.2. The molecule has 0 fully saturated rings. The van der Waals surface area contributed by atoms with Crippen molar-refractivity contribution >= 4 is 28.9 Å². The van der Waals surface area contributed by atoms with Crippen LogP contribution in [0.2, 0.25) is 0 Å². The second-order valence-electron chi connectivity index (χ2n) is 9.78. The lowest BCUT2D eigenvalue weighted by atomic mass is 10.1. The molecule has 0 bridgehead atoms. The van der Waals surface area contributed by atoms with E-state index in [0.29, 0.717) is 13.1 Å². The van der Waals surface area contributed by atoms with Crippen LogP contribution in [-0.2, 0) is 14.3 Å². The van der Waals surface area contributed by atoms with Gasteiger partial charge in [-0.15, -0.1) is 0 Å². The van der Waals surface area contributed by atoms with Gasteiger partial charge in [0.15, 0.2) is 0 Å². The molecule has 2 amide bonds. The summed E-state index contributed by atoms with van der Waals surface area (Å²) in [6, 6.07) is 7.72. The molecule has 0 aliphatic heterocycles. The molecule has 0 aliphatic carbocycles. The lowest BCUT2D eigenvalue weighted by Gasteiger charge is -2.26. The Bertz CT molecular complexity index is 910. The van der Waals surface area contributed by atoms with Crippen LogP contribution in [0.25, 0.3) is 10.8 Å². The number of benzene rings is 1. The first-order valence-electron chi connectivity index (χ1n) is 11.5. The number of hydrogen-bond donors (Lipinski definition) is 2. The zero-order valence-corrected chi connectivity index (χ0v) is 20.4. The van der Waals surface area contributed by atoms with Gasteiger partial charge in [-0.1, -0.05) is 37.1 Å². The van der Waals surface area contributed by atoms with Crippen molar-refractivity contribution in [1.82, 2.24) is 15.2 Å². The standard InChI is InChI=1S/C25H37N3O5/c1-24(2,3)32-21(29)16-25(4,5)33-23(31)27-15-11-7-6-10-14-26-22(30)28-17-19-12-8-9-13-20(19)18-28/h8-9,12-13,17-18H,6-7,10-11,14-16H2,1-5H3,(H,26,30)(H,27,31). The number of nitrogens with zero attached hydrogens (tertiary/aromatic N) is 1. The van der Waals surface area contributed by atoms with E-state index in [0.717, 1.165) is 36.5 Å².